The maximum absolute atomic E-state index is 12.5. The van der Waals surface area contributed by atoms with E-state index in [2.05, 4.69) is 29.3 Å². The van der Waals surface area contributed by atoms with Crippen LogP contribution in [0.3, 0.4) is 0 Å². The van der Waals surface area contributed by atoms with Crippen molar-refractivity contribution in [2.45, 2.75) is 17.1 Å². The third kappa shape index (κ3) is 3.54. The van der Waals surface area contributed by atoms with Crippen LogP contribution in [0.2, 0.25) is 0 Å². The second kappa shape index (κ2) is 6.88. The van der Waals surface area contributed by atoms with Crippen LogP contribution in [-0.4, -0.2) is 37.5 Å². The summed E-state index contributed by atoms with van der Waals surface area (Å²) in [5, 5.41) is 3.42. The minimum atomic E-state index is -0.0365. The lowest BCUT2D eigenvalue weighted by molar-refractivity contribution is -0.115. The zero-order valence-electron chi connectivity index (χ0n) is 14.0. The number of carbonyl (C=O) groups excluding carboxylic acids is 1. The van der Waals surface area contributed by atoms with Gasteiger partial charge in [0.2, 0.25) is 5.91 Å². The minimum absolute atomic E-state index is 0.0365. The van der Waals surface area contributed by atoms with Crippen LogP contribution in [0.4, 0.5) is 11.4 Å². The first-order valence-corrected chi connectivity index (χ1v) is 9.27. The number of nitrogens with one attached hydrogen (secondary N) is 1. The predicted molar refractivity (Wildman–Crippen MR) is 100 cm³/mol. The van der Waals surface area contributed by atoms with Crippen molar-refractivity contribution in [3.05, 3.63) is 42.5 Å². The molecule has 0 saturated heterocycles. The van der Waals surface area contributed by atoms with Crippen LogP contribution in [0, 0.1) is 0 Å². The van der Waals surface area contributed by atoms with Gasteiger partial charge in [-0.1, -0.05) is 19.1 Å². The lowest BCUT2D eigenvalue weighted by atomic mass is 10.2. The van der Waals surface area contributed by atoms with E-state index in [1.165, 1.54) is 4.90 Å². The van der Waals surface area contributed by atoms with Crippen LogP contribution >= 0.6 is 11.8 Å². The Balaban J connectivity index is 1.46. The van der Waals surface area contributed by atoms with Crippen molar-refractivity contribution in [1.29, 1.82) is 0 Å². The molecule has 25 heavy (non-hydrogen) atoms. The molecule has 2 aromatic rings. The minimum Gasteiger partial charge on any atom is -0.486 e. The Morgan fingerprint density at radius 1 is 1.20 bits per heavy atom. The zero-order valence-corrected chi connectivity index (χ0v) is 14.8. The molecule has 0 radical (unpaired) electrons. The monoisotopic (exact) mass is 356 g/mol. The average molecular weight is 356 g/mol. The Kier molecular flexibility index (Phi) is 4.44. The highest BCUT2D eigenvalue weighted by atomic mass is 32.2. The molecular formula is C19H20N2O3S. The number of rotatable bonds is 3. The van der Waals surface area contributed by atoms with Crippen molar-refractivity contribution in [2.75, 3.05) is 36.5 Å². The first-order valence-electron chi connectivity index (χ1n) is 8.39. The SMILES string of the molecule is CC1CN(CC(=O)Nc2ccc3c(c2)OCCO3)c2ccccc2S1. The molecule has 2 heterocycles. The van der Waals surface area contributed by atoms with Crippen molar-refractivity contribution < 1.29 is 14.3 Å². The molecule has 0 fully saturated rings. The fraction of sp³-hybridized carbons (Fsp3) is 0.316. The van der Waals surface area contributed by atoms with Crippen LogP contribution in [-0.2, 0) is 4.79 Å². The number of fused-ring (bicyclic) bond motifs is 2. The van der Waals surface area contributed by atoms with E-state index in [0.29, 0.717) is 30.8 Å². The summed E-state index contributed by atoms with van der Waals surface area (Å²) in [5.41, 5.74) is 1.85. The van der Waals surface area contributed by atoms with Gasteiger partial charge in [-0.25, -0.2) is 0 Å². The summed E-state index contributed by atoms with van der Waals surface area (Å²) in [7, 11) is 0. The van der Waals surface area contributed by atoms with Gasteiger partial charge in [-0.05, 0) is 24.3 Å². The number of amides is 1. The van der Waals surface area contributed by atoms with E-state index in [1.54, 1.807) is 0 Å². The molecular weight excluding hydrogens is 336 g/mol. The summed E-state index contributed by atoms with van der Waals surface area (Å²) in [4.78, 5) is 15.9. The van der Waals surface area contributed by atoms with Gasteiger partial charge in [-0.15, -0.1) is 11.8 Å². The van der Waals surface area contributed by atoms with Crippen molar-refractivity contribution >= 4 is 29.0 Å². The number of thioether (sulfide) groups is 1. The second-order valence-corrected chi connectivity index (χ2v) is 7.66. The molecule has 130 valence electrons. The number of hydrogen-bond acceptors (Lipinski definition) is 5. The Bertz CT molecular complexity index is 796. The highest BCUT2D eigenvalue weighted by Crippen LogP contribution is 2.38. The molecule has 1 N–H and O–H groups in total. The molecule has 4 rings (SSSR count). The van der Waals surface area contributed by atoms with Crippen LogP contribution in [0.5, 0.6) is 11.5 Å². The normalized spacial score (nSPS) is 18.4. The van der Waals surface area contributed by atoms with Gasteiger partial charge in [0.05, 0.1) is 12.2 Å². The molecule has 1 atom stereocenters. The standard InChI is InChI=1S/C19H20N2O3S/c1-13-11-21(15-4-2-3-5-18(15)25-13)12-19(22)20-14-6-7-16-17(10-14)24-9-8-23-16/h2-7,10,13H,8-9,11-12H2,1H3,(H,20,22). The predicted octanol–water partition coefficient (Wildman–Crippen LogP) is 3.40. The number of anilines is 2. The van der Waals surface area contributed by atoms with Gasteiger partial charge in [-0.2, -0.15) is 0 Å². The van der Waals surface area contributed by atoms with E-state index in [-0.39, 0.29) is 5.91 Å². The van der Waals surface area contributed by atoms with Crippen molar-refractivity contribution in [3.63, 3.8) is 0 Å². The first-order chi connectivity index (χ1) is 12.2. The smallest absolute Gasteiger partial charge is 0.243 e. The van der Waals surface area contributed by atoms with E-state index in [4.69, 9.17) is 9.47 Å². The average Bonchev–Trinajstić information content (AvgIpc) is 2.61. The van der Waals surface area contributed by atoms with E-state index < -0.39 is 0 Å². The molecule has 0 spiro atoms. The summed E-state index contributed by atoms with van der Waals surface area (Å²) in [6.45, 7) is 4.46. The first kappa shape index (κ1) is 16.1. The van der Waals surface area contributed by atoms with Gasteiger partial charge in [-0.3, -0.25) is 4.79 Å². The summed E-state index contributed by atoms with van der Waals surface area (Å²) in [6, 6.07) is 13.7. The van der Waals surface area contributed by atoms with Gasteiger partial charge >= 0.3 is 0 Å². The molecule has 2 aliphatic rings. The van der Waals surface area contributed by atoms with Gasteiger partial charge in [0.15, 0.2) is 11.5 Å². The molecule has 0 bridgehead atoms. The highest BCUT2D eigenvalue weighted by molar-refractivity contribution is 8.00. The number of carbonyl (C=O) groups is 1. The quantitative estimate of drug-likeness (QED) is 0.913. The van der Waals surface area contributed by atoms with Gasteiger partial charge in [0, 0.05) is 28.4 Å². The van der Waals surface area contributed by atoms with Crippen molar-refractivity contribution in [2.24, 2.45) is 0 Å². The molecule has 1 unspecified atom stereocenters. The summed E-state index contributed by atoms with van der Waals surface area (Å²) in [5.74, 6) is 1.36. The van der Waals surface area contributed by atoms with E-state index in [9.17, 15) is 4.79 Å². The van der Waals surface area contributed by atoms with Crippen molar-refractivity contribution in [3.8, 4) is 11.5 Å². The third-order valence-electron chi connectivity index (χ3n) is 4.17. The Morgan fingerprint density at radius 2 is 2.00 bits per heavy atom. The van der Waals surface area contributed by atoms with E-state index >= 15 is 0 Å². The van der Waals surface area contributed by atoms with Crippen LogP contribution < -0.4 is 19.7 Å². The lowest BCUT2D eigenvalue weighted by Crippen LogP contribution is -2.39. The van der Waals surface area contributed by atoms with E-state index in [1.807, 2.05) is 42.1 Å². The third-order valence-corrected chi connectivity index (χ3v) is 5.32. The largest absolute Gasteiger partial charge is 0.486 e. The summed E-state index contributed by atoms with van der Waals surface area (Å²) < 4.78 is 11.1. The number of hydrogen-bond donors (Lipinski definition) is 1. The topological polar surface area (TPSA) is 50.8 Å². The maximum Gasteiger partial charge on any atom is 0.243 e. The zero-order chi connectivity index (χ0) is 17.2. The fourth-order valence-corrected chi connectivity index (χ4v) is 4.29. The Labute approximate surface area is 151 Å². The fourth-order valence-electron chi connectivity index (χ4n) is 3.13. The number of para-hydroxylation sites is 1. The highest BCUT2D eigenvalue weighted by Gasteiger charge is 2.23. The Morgan fingerprint density at radius 3 is 2.88 bits per heavy atom. The summed E-state index contributed by atoms with van der Waals surface area (Å²) >= 11 is 1.86. The molecule has 5 nitrogen and oxygen atoms in total. The maximum atomic E-state index is 12.5. The van der Waals surface area contributed by atoms with Gasteiger partial charge in [0.25, 0.3) is 0 Å². The molecule has 2 aliphatic heterocycles. The molecule has 1 amide bonds. The summed E-state index contributed by atoms with van der Waals surface area (Å²) in [6.07, 6.45) is 0. The molecule has 6 heteroatoms. The van der Waals surface area contributed by atoms with Crippen LogP contribution in [0.15, 0.2) is 47.4 Å². The van der Waals surface area contributed by atoms with Crippen LogP contribution in [0.1, 0.15) is 6.92 Å². The number of benzene rings is 2. The van der Waals surface area contributed by atoms with Crippen LogP contribution in [0.25, 0.3) is 0 Å². The van der Waals surface area contributed by atoms with Crippen molar-refractivity contribution in [1.82, 2.24) is 0 Å². The number of ether oxygens (including phenoxy) is 2. The van der Waals surface area contributed by atoms with Gasteiger partial charge in [0.1, 0.15) is 13.2 Å². The molecule has 0 aromatic heterocycles. The molecule has 0 aliphatic carbocycles. The van der Waals surface area contributed by atoms with E-state index in [0.717, 1.165) is 23.7 Å². The molecule has 0 saturated carbocycles. The second-order valence-electron chi connectivity index (χ2n) is 6.18. The lowest BCUT2D eigenvalue weighted by Gasteiger charge is -2.33. The number of nitrogens with zero attached hydrogens (tertiary/aromatic N) is 1. The van der Waals surface area contributed by atoms with Gasteiger partial charge < -0.3 is 19.7 Å². The molecule has 2 aromatic carbocycles. The Hall–Kier alpha value is -2.34.